The standard InChI is InChI=1S/C21H26Br2N2O4S2/c1-13-8-18(22)20(10-15(13)3)30(26,27)24-6-7-25(17(5)12-24)31(28,29)21-11-16(4)14(2)9-19(21)23/h8-11,17H,6-7,12H2,1-5H3/t17-/m1/s1. The Morgan fingerprint density at radius 1 is 0.742 bits per heavy atom. The number of piperazine rings is 1. The largest absolute Gasteiger partial charge is 0.244 e. The molecule has 0 radical (unpaired) electrons. The number of halogens is 2. The first kappa shape index (κ1) is 24.9. The van der Waals surface area contributed by atoms with Crippen molar-refractivity contribution in [1.82, 2.24) is 8.61 Å². The summed E-state index contributed by atoms with van der Waals surface area (Å²) in [6.45, 7) is 9.59. The van der Waals surface area contributed by atoms with E-state index in [9.17, 15) is 16.8 Å². The molecule has 31 heavy (non-hydrogen) atoms. The number of sulfonamides is 2. The Bertz CT molecular complexity index is 1240. The maximum absolute atomic E-state index is 13.4. The Hall–Kier alpha value is -0.780. The molecular weight excluding hydrogens is 568 g/mol. The second-order valence-corrected chi connectivity index (χ2v) is 13.5. The third kappa shape index (κ3) is 4.65. The highest BCUT2D eigenvalue weighted by molar-refractivity contribution is 9.10. The molecule has 0 aliphatic carbocycles. The normalized spacial score (nSPS) is 19.0. The van der Waals surface area contributed by atoms with E-state index in [-0.39, 0.29) is 29.4 Å². The van der Waals surface area contributed by atoms with Crippen molar-refractivity contribution in [3.8, 4) is 0 Å². The van der Waals surface area contributed by atoms with Crippen LogP contribution in [0, 0.1) is 27.7 Å². The third-order valence-electron chi connectivity index (χ3n) is 5.83. The molecule has 1 heterocycles. The smallest absolute Gasteiger partial charge is 0.207 e. The fraction of sp³-hybridized carbons (Fsp3) is 0.429. The van der Waals surface area contributed by atoms with E-state index in [1.807, 2.05) is 27.7 Å². The van der Waals surface area contributed by atoms with Crippen LogP contribution in [0.4, 0.5) is 0 Å². The van der Waals surface area contributed by atoms with Gasteiger partial charge < -0.3 is 0 Å². The summed E-state index contributed by atoms with van der Waals surface area (Å²) in [5.74, 6) is 0. The van der Waals surface area contributed by atoms with Crippen LogP contribution in [0.5, 0.6) is 0 Å². The van der Waals surface area contributed by atoms with Gasteiger partial charge in [0.15, 0.2) is 0 Å². The van der Waals surface area contributed by atoms with Crippen LogP contribution in [0.2, 0.25) is 0 Å². The molecule has 0 bridgehead atoms. The van der Waals surface area contributed by atoms with E-state index in [0.29, 0.717) is 8.95 Å². The number of hydrogen-bond acceptors (Lipinski definition) is 4. The first-order valence-corrected chi connectivity index (χ1v) is 14.3. The van der Waals surface area contributed by atoms with Gasteiger partial charge in [-0.1, -0.05) is 0 Å². The number of benzene rings is 2. The molecule has 0 spiro atoms. The number of hydrogen-bond donors (Lipinski definition) is 0. The van der Waals surface area contributed by atoms with Gasteiger partial charge in [0.25, 0.3) is 0 Å². The Balaban J connectivity index is 1.90. The maximum Gasteiger partial charge on any atom is 0.244 e. The molecule has 0 unspecified atom stereocenters. The topological polar surface area (TPSA) is 74.8 Å². The molecule has 6 nitrogen and oxygen atoms in total. The zero-order valence-corrected chi connectivity index (χ0v) is 22.9. The Labute approximate surface area is 202 Å². The Morgan fingerprint density at radius 2 is 1.16 bits per heavy atom. The zero-order valence-electron chi connectivity index (χ0n) is 18.1. The number of nitrogens with zero attached hydrogens (tertiary/aromatic N) is 2. The van der Waals surface area contributed by atoms with E-state index in [2.05, 4.69) is 31.9 Å². The van der Waals surface area contributed by atoms with Gasteiger partial charge in [0.05, 0.1) is 9.79 Å². The summed E-state index contributed by atoms with van der Waals surface area (Å²) in [5, 5.41) is 0. The highest BCUT2D eigenvalue weighted by Gasteiger charge is 2.39. The van der Waals surface area contributed by atoms with E-state index < -0.39 is 26.1 Å². The van der Waals surface area contributed by atoms with Gasteiger partial charge >= 0.3 is 0 Å². The third-order valence-corrected chi connectivity index (χ3v) is 11.6. The van der Waals surface area contributed by atoms with Gasteiger partial charge in [-0.05, 0) is 113 Å². The summed E-state index contributed by atoms with van der Waals surface area (Å²) in [7, 11) is -7.54. The minimum absolute atomic E-state index is 0.0867. The van der Waals surface area contributed by atoms with Gasteiger partial charge in [-0.3, -0.25) is 0 Å². The number of rotatable bonds is 4. The monoisotopic (exact) mass is 592 g/mol. The van der Waals surface area contributed by atoms with Gasteiger partial charge in [0.2, 0.25) is 20.0 Å². The maximum atomic E-state index is 13.4. The van der Waals surface area contributed by atoms with Gasteiger partial charge in [0, 0.05) is 34.6 Å². The summed E-state index contributed by atoms with van der Waals surface area (Å²) in [6.07, 6.45) is 0. The van der Waals surface area contributed by atoms with Crippen LogP contribution in [-0.2, 0) is 20.0 Å². The second-order valence-electron chi connectivity index (χ2n) is 8.06. The fourth-order valence-electron chi connectivity index (χ4n) is 3.65. The fourth-order valence-corrected chi connectivity index (χ4v) is 9.19. The van der Waals surface area contributed by atoms with Gasteiger partial charge in [-0.25, -0.2) is 16.8 Å². The lowest BCUT2D eigenvalue weighted by molar-refractivity contribution is 0.212. The molecule has 1 aliphatic heterocycles. The Kier molecular flexibility index (Phi) is 7.11. The molecule has 170 valence electrons. The van der Waals surface area contributed by atoms with E-state index in [4.69, 9.17) is 0 Å². The lowest BCUT2D eigenvalue weighted by Crippen LogP contribution is -2.55. The second kappa shape index (κ2) is 8.87. The van der Waals surface area contributed by atoms with Crippen LogP contribution in [-0.4, -0.2) is 51.1 Å². The van der Waals surface area contributed by atoms with Crippen LogP contribution in [0.15, 0.2) is 43.0 Å². The van der Waals surface area contributed by atoms with E-state index >= 15 is 0 Å². The molecule has 2 aromatic carbocycles. The molecule has 2 aromatic rings. The van der Waals surface area contributed by atoms with Crippen molar-refractivity contribution in [3.63, 3.8) is 0 Å². The zero-order chi connectivity index (χ0) is 23.3. The first-order chi connectivity index (χ1) is 14.3. The minimum atomic E-state index is -3.78. The predicted molar refractivity (Wildman–Crippen MR) is 129 cm³/mol. The SMILES string of the molecule is Cc1cc(Br)c(S(=O)(=O)N2CCN(S(=O)(=O)c3cc(C)c(C)cc3Br)[C@H](C)C2)cc1C. The molecule has 1 atom stereocenters. The van der Waals surface area contributed by atoms with Crippen LogP contribution in [0.25, 0.3) is 0 Å². The van der Waals surface area contributed by atoms with Crippen molar-refractivity contribution in [2.75, 3.05) is 19.6 Å². The van der Waals surface area contributed by atoms with Gasteiger partial charge in [-0.15, -0.1) is 0 Å². The molecule has 0 saturated carbocycles. The minimum Gasteiger partial charge on any atom is -0.207 e. The van der Waals surface area contributed by atoms with Crippen molar-refractivity contribution in [2.24, 2.45) is 0 Å². The lowest BCUT2D eigenvalue weighted by atomic mass is 10.1. The van der Waals surface area contributed by atoms with Crippen LogP contribution >= 0.6 is 31.9 Å². The summed E-state index contributed by atoms with van der Waals surface area (Å²) < 4.78 is 57.1. The molecule has 1 saturated heterocycles. The lowest BCUT2D eigenvalue weighted by Gasteiger charge is -2.38. The quantitative estimate of drug-likeness (QED) is 0.522. The highest BCUT2D eigenvalue weighted by Crippen LogP contribution is 2.33. The summed E-state index contributed by atoms with van der Waals surface area (Å²) in [5.41, 5.74) is 3.76. The molecule has 3 rings (SSSR count). The van der Waals surface area contributed by atoms with Gasteiger partial charge in [-0.2, -0.15) is 8.61 Å². The molecule has 1 aliphatic rings. The van der Waals surface area contributed by atoms with Crippen LogP contribution in [0.1, 0.15) is 29.2 Å². The molecule has 0 N–H and O–H groups in total. The van der Waals surface area contributed by atoms with Crippen molar-refractivity contribution in [3.05, 3.63) is 55.5 Å². The Morgan fingerprint density at radius 3 is 1.61 bits per heavy atom. The molecule has 0 amide bonds. The molecule has 0 aromatic heterocycles. The van der Waals surface area contributed by atoms with Gasteiger partial charge in [0.1, 0.15) is 0 Å². The van der Waals surface area contributed by atoms with Crippen LogP contribution in [0.3, 0.4) is 0 Å². The molecule has 1 fully saturated rings. The predicted octanol–water partition coefficient (Wildman–Crippen LogP) is 4.53. The number of aryl methyl sites for hydroxylation is 4. The van der Waals surface area contributed by atoms with Crippen molar-refractivity contribution < 1.29 is 16.8 Å². The van der Waals surface area contributed by atoms with Crippen molar-refractivity contribution in [1.29, 1.82) is 0 Å². The van der Waals surface area contributed by atoms with E-state index in [0.717, 1.165) is 22.3 Å². The molecule has 10 heteroatoms. The average Bonchev–Trinajstić information content (AvgIpc) is 2.66. The average molecular weight is 594 g/mol. The summed E-state index contributed by atoms with van der Waals surface area (Å²) >= 11 is 6.76. The summed E-state index contributed by atoms with van der Waals surface area (Å²) in [6, 6.07) is 6.41. The van der Waals surface area contributed by atoms with E-state index in [1.165, 1.54) is 8.61 Å². The molecular formula is C21H26Br2N2O4S2. The van der Waals surface area contributed by atoms with Crippen molar-refractivity contribution in [2.45, 2.75) is 50.5 Å². The first-order valence-electron chi connectivity index (χ1n) is 9.82. The van der Waals surface area contributed by atoms with Crippen LogP contribution < -0.4 is 0 Å². The highest BCUT2D eigenvalue weighted by atomic mass is 79.9. The van der Waals surface area contributed by atoms with Crippen molar-refractivity contribution >= 4 is 51.9 Å². The summed E-state index contributed by atoms with van der Waals surface area (Å²) in [4.78, 5) is 0.409. The van der Waals surface area contributed by atoms with E-state index in [1.54, 1.807) is 31.2 Å².